The number of aliphatic hydroxyl groups excluding tert-OH is 1. The van der Waals surface area contributed by atoms with Crippen molar-refractivity contribution in [3.63, 3.8) is 0 Å². The first kappa shape index (κ1) is 18.9. The molecule has 2 unspecified atom stereocenters. The number of hydrogen-bond acceptors (Lipinski definition) is 3. The average Bonchev–Trinajstić information content (AvgIpc) is 2.44. The summed E-state index contributed by atoms with van der Waals surface area (Å²) in [6.45, 7) is 9.75. The molecule has 3 nitrogen and oxygen atoms in total. The van der Waals surface area contributed by atoms with Crippen LogP contribution in [0.3, 0.4) is 0 Å². The van der Waals surface area contributed by atoms with E-state index in [0.717, 1.165) is 25.3 Å². The van der Waals surface area contributed by atoms with Gasteiger partial charge in [0.15, 0.2) is 0 Å². The van der Waals surface area contributed by atoms with Crippen LogP contribution in [0.1, 0.15) is 65.2 Å². The van der Waals surface area contributed by atoms with Crippen LogP contribution in [0.25, 0.3) is 0 Å². The zero-order valence-electron chi connectivity index (χ0n) is 14.7. The minimum absolute atomic E-state index is 0.339. The third-order valence-electron chi connectivity index (χ3n) is 4.92. The molecule has 1 aliphatic carbocycles. The van der Waals surface area contributed by atoms with E-state index >= 15 is 0 Å². The van der Waals surface area contributed by atoms with Gasteiger partial charge in [0.25, 0.3) is 0 Å². The van der Waals surface area contributed by atoms with Gasteiger partial charge in [-0.05, 0) is 70.0 Å². The van der Waals surface area contributed by atoms with Gasteiger partial charge in [0, 0.05) is 19.7 Å². The van der Waals surface area contributed by atoms with Gasteiger partial charge in [0.1, 0.15) is 0 Å². The van der Waals surface area contributed by atoms with E-state index in [4.69, 9.17) is 5.11 Å². The van der Waals surface area contributed by atoms with E-state index < -0.39 is 0 Å². The fourth-order valence-corrected chi connectivity index (χ4v) is 3.98. The van der Waals surface area contributed by atoms with E-state index in [1.54, 1.807) is 0 Å². The minimum atomic E-state index is 0.339. The van der Waals surface area contributed by atoms with Gasteiger partial charge in [-0.25, -0.2) is 0 Å². The molecule has 0 saturated heterocycles. The minimum Gasteiger partial charge on any atom is -0.396 e. The Balaban J connectivity index is 2.43. The second-order valence-corrected chi connectivity index (χ2v) is 7.40. The van der Waals surface area contributed by atoms with Gasteiger partial charge in [-0.3, -0.25) is 0 Å². The van der Waals surface area contributed by atoms with Crippen LogP contribution < -0.4 is 5.32 Å². The summed E-state index contributed by atoms with van der Waals surface area (Å²) >= 11 is 0. The van der Waals surface area contributed by atoms with Crippen molar-refractivity contribution in [3.8, 4) is 0 Å². The van der Waals surface area contributed by atoms with Crippen LogP contribution in [0, 0.1) is 11.3 Å². The van der Waals surface area contributed by atoms with E-state index in [2.05, 4.69) is 31.1 Å². The summed E-state index contributed by atoms with van der Waals surface area (Å²) in [7, 11) is 2.28. The molecule has 3 heteroatoms. The molecule has 1 rings (SSSR count). The van der Waals surface area contributed by atoms with Gasteiger partial charge in [0.2, 0.25) is 0 Å². The first-order valence-corrected chi connectivity index (χ1v) is 9.12. The fraction of sp³-hybridized carbons (Fsp3) is 1.00. The summed E-state index contributed by atoms with van der Waals surface area (Å²) in [6.07, 6.45) is 10.1. The van der Waals surface area contributed by atoms with Crippen LogP contribution >= 0.6 is 0 Å². The lowest BCUT2D eigenvalue weighted by Gasteiger charge is -2.43. The van der Waals surface area contributed by atoms with Crippen molar-refractivity contribution in [1.82, 2.24) is 10.2 Å². The molecule has 1 saturated carbocycles. The summed E-state index contributed by atoms with van der Waals surface area (Å²) in [6, 6.07) is 0. The number of rotatable bonds is 11. The third-order valence-corrected chi connectivity index (χ3v) is 4.92. The van der Waals surface area contributed by atoms with E-state index in [1.165, 1.54) is 58.2 Å². The van der Waals surface area contributed by atoms with Crippen molar-refractivity contribution in [2.75, 3.05) is 39.8 Å². The maximum absolute atomic E-state index is 8.86. The summed E-state index contributed by atoms with van der Waals surface area (Å²) in [5, 5.41) is 12.5. The molecule has 0 radical (unpaired) electrons. The normalized spacial score (nSPS) is 26.4. The Morgan fingerprint density at radius 1 is 1.29 bits per heavy atom. The third kappa shape index (κ3) is 7.62. The molecule has 0 heterocycles. The van der Waals surface area contributed by atoms with E-state index in [0.29, 0.717) is 12.0 Å². The number of hydrogen-bond donors (Lipinski definition) is 2. The van der Waals surface area contributed by atoms with Gasteiger partial charge < -0.3 is 15.3 Å². The standard InChI is InChI=1S/C18H38N2O/c1-4-11-19-15-18(10-8-9-17(2)14-18)16-20(3)12-6-5-7-13-21/h17,19,21H,4-16H2,1-3H3. The Hall–Kier alpha value is -0.120. The molecule has 1 aliphatic rings. The lowest BCUT2D eigenvalue weighted by Crippen LogP contribution is -2.46. The zero-order chi connectivity index (χ0) is 15.6. The highest BCUT2D eigenvalue weighted by molar-refractivity contribution is 4.89. The van der Waals surface area contributed by atoms with E-state index in [9.17, 15) is 0 Å². The topological polar surface area (TPSA) is 35.5 Å². The van der Waals surface area contributed by atoms with Crippen molar-refractivity contribution < 1.29 is 5.11 Å². The van der Waals surface area contributed by atoms with Gasteiger partial charge in [-0.15, -0.1) is 0 Å². The van der Waals surface area contributed by atoms with E-state index in [1.807, 2.05) is 0 Å². The van der Waals surface area contributed by atoms with E-state index in [-0.39, 0.29) is 0 Å². The maximum atomic E-state index is 8.86. The second-order valence-electron chi connectivity index (χ2n) is 7.40. The molecule has 0 aromatic carbocycles. The molecule has 0 aliphatic heterocycles. The Morgan fingerprint density at radius 3 is 2.76 bits per heavy atom. The van der Waals surface area contributed by atoms with Crippen molar-refractivity contribution in [1.29, 1.82) is 0 Å². The van der Waals surface area contributed by atoms with Gasteiger partial charge in [0.05, 0.1) is 0 Å². The van der Waals surface area contributed by atoms with Crippen molar-refractivity contribution in [3.05, 3.63) is 0 Å². The van der Waals surface area contributed by atoms with Crippen molar-refractivity contribution in [2.24, 2.45) is 11.3 Å². The Bertz CT molecular complexity index is 260. The zero-order valence-corrected chi connectivity index (χ0v) is 14.7. The molecule has 0 amide bonds. The van der Waals surface area contributed by atoms with Crippen LogP contribution in [0.5, 0.6) is 0 Å². The predicted molar refractivity (Wildman–Crippen MR) is 91.7 cm³/mol. The van der Waals surface area contributed by atoms with Crippen molar-refractivity contribution in [2.45, 2.75) is 65.2 Å². The first-order chi connectivity index (χ1) is 10.1. The molecule has 0 bridgehead atoms. The van der Waals surface area contributed by atoms with Crippen LogP contribution in [-0.4, -0.2) is 49.8 Å². The highest BCUT2D eigenvalue weighted by Gasteiger charge is 2.35. The molecule has 1 fully saturated rings. The van der Waals surface area contributed by atoms with Crippen LogP contribution in [0.15, 0.2) is 0 Å². The van der Waals surface area contributed by atoms with Crippen molar-refractivity contribution >= 4 is 0 Å². The summed E-state index contributed by atoms with van der Waals surface area (Å²) in [4.78, 5) is 2.53. The molecule has 2 atom stereocenters. The Kier molecular flexibility index (Phi) is 9.54. The number of nitrogens with zero attached hydrogens (tertiary/aromatic N) is 1. The molecule has 0 aromatic rings. The first-order valence-electron chi connectivity index (χ1n) is 9.12. The molecule has 21 heavy (non-hydrogen) atoms. The molecule has 0 aromatic heterocycles. The average molecular weight is 299 g/mol. The molecular formula is C18H38N2O. The van der Waals surface area contributed by atoms with Crippen LogP contribution in [0.2, 0.25) is 0 Å². The SMILES string of the molecule is CCCNCC1(CN(C)CCCCCO)CCCC(C)C1. The molecule has 126 valence electrons. The van der Waals surface area contributed by atoms with Gasteiger partial charge in [-0.1, -0.05) is 26.7 Å². The molecule has 0 spiro atoms. The Labute approximate surface area is 132 Å². The van der Waals surface area contributed by atoms with Gasteiger partial charge >= 0.3 is 0 Å². The number of unbranched alkanes of at least 4 members (excludes halogenated alkanes) is 2. The Morgan fingerprint density at radius 2 is 2.10 bits per heavy atom. The molecule has 2 N–H and O–H groups in total. The maximum Gasteiger partial charge on any atom is 0.0431 e. The summed E-state index contributed by atoms with van der Waals surface area (Å²) in [5.41, 5.74) is 0.485. The van der Waals surface area contributed by atoms with Crippen LogP contribution in [-0.2, 0) is 0 Å². The number of nitrogens with one attached hydrogen (secondary N) is 1. The largest absolute Gasteiger partial charge is 0.396 e. The lowest BCUT2D eigenvalue weighted by molar-refractivity contribution is 0.0910. The van der Waals surface area contributed by atoms with Gasteiger partial charge in [-0.2, -0.15) is 0 Å². The smallest absolute Gasteiger partial charge is 0.0431 e. The van der Waals surface area contributed by atoms with Crippen LogP contribution in [0.4, 0.5) is 0 Å². The summed E-state index contributed by atoms with van der Waals surface area (Å²) < 4.78 is 0. The highest BCUT2D eigenvalue weighted by atomic mass is 16.2. The number of aliphatic hydroxyl groups is 1. The summed E-state index contributed by atoms with van der Waals surface area (Å²) in [5.74, 6) is 0.880. The highest BCUT2D eigenvalue weighted by Crippen LogP contribution is 2.39. The quantitative estimate of drug-likeness (QED) is 0.575. The predicted octanol–water partition coefficient (Wildman–Crippen LogP) is 3.28. The lowest BCUT2D eigenvalue weighted by atomic mass is 9.69. The molecular weight excluding hydrogens is 260 g/mol. The fourth-order valence-electron chi connectivity index (χ4n) is 3.98. The second kappa shape index (κ2) is 10.6. The monoisotopic (exact) mass is 298 g/mol.